The summed E-state index contributed by atoms with van der Waals surface area (Å²) in [5.74, 6) is 5.77. The molecule has 102 valence electrons. The monoisotopic (exact) mass is 276 g/mol. The third-order valence-corrected chi connectivity index (χ3v) is 4.45. The normalized spacial score (nSPS) is 20.7. The summed E-state index contributed by atoms with van der Waals surface area (Å²) in [7, 11) is 0. The summed E-state index contributed by atoms with van der Waals surface area (Å²) in [6.07, 6.45) is 3.31. The number of rotatable bonds is 2. The highest BCUT2D eigenvalue weighted by Crippen LogP contribution is 2.37. The number of hydrogen-bond donors (Lipinski definition) is 2. The van der Waals surface area contributed by atoms with Crippen LogP contribution in [0.3, 0.4) is 0 Å². The molecule has 0 aliphatic heterocycles. The van der Waals surface area contributed by atoms with E-state index < -0.39 is 0 Å². The Hall–Kier alpha value is -1.31. The molecule has 0 spiro atoms. The molecule has 4 heteroatoms. The van der Waals surface area contributed by atoms with E-state index in [0.717, 1.165) is 22.6 Å². The zero-order chi connectivity index (χ0) is 13.9. The highest BCUT2D eigenvalue weighted by atomic mass is 32.1. The van der Waals surface area contributed by atoms with Crippen molar-refractivity contribution in [3.63, 3.8) is 0 Å². The van der Waals surface area contributed by atoms with Crippen molar-refractivity contribution in [2.75, 3.05) is 6.54 Å². The molecule has 0 radical (unpaired) electrons. The van der Waals surface area contributed by atoms with Gasteiger partial charge in [0.2, 0.25) is 0 Å². The third-order valence-electron chi connectivity index (χ3n) is 3.45. The lowest BCUT2D eigenvalue weighted by Gasteiger charge is -2.17. The van der Waals surface area contributed by atoms with Gasteiger partial charge in [0.05, 0.1) is 16.3 Å². The van der Waals surface area contributed by atoms with E-state index in [4.69, 9.17) is 5.73 Å². The van der Waals surface area contributed by atoms with Gasteiger partial charge in [-0.15, -0.1) is 11.3 Å². The molecule has 3 N–H and O–H groups in total. The van der Waals surface area contributed by atoms with Gasteiger partial charge in [0.25, 0.3) is 5.91 Å². The molecule has 1 fully saturated rings. The summed E-state index contributed by atoms with van der Waals surface area (Å²) in [4.78, 5) is 13.7. The van der Waals surface area contributed by atoms with E-state index >= 15 is 0 Å². The van der Waals surface area contributed by atoms with Crippen molar-refractivity contribution in [1.29, 1.82) is 0 Å². The first kappa shape index (κ1) is 14.1. The third kappa shape index (κ3) is 3.82. The largest absolute Gasteiger partial charge is 0.349 e. The molecule has 1 aromatic heterocycles. The molecule has 1 aliphatic carbocycles. The van der Waals surface area contributed by atoms with Gasteiger partial charge in [-0.1, -0.05) is 25.7 Å². The number of nitrogens with two attached hydrogens (primary N) is 1. The first-order valence-electron chi connectivity index (χ1n) is 6.60. The standard InChI is InChI=1S/C15H20N2OS/c1-15(2)8-7-11(10-15)17-14(18)13-6-5-12(19-13)4-3-9-16/h5-6,11H,7-10,16H2,1-2H3,(H,17,18). The molecule has 1 atom stereocenters. The Kier molecular flexibility index (Phi) is 4.28. The van der Waals surface area contributed by atoms with Gasteiger partial charge >= 0.3 is 0 Å². The molecule has 0 bridgehead atoms. The second kappa shape index (κ2) is 5.77. The molecule has 1 aromatic rings. The Morgan fingerprint density at radius 2 is 2.37 bits per heavy atom. The minimum atomic E-state index is 0.0218. The predicted octanol–water partition coefficient (Wildman–Crippen LogP) is 2.37. The van der Waals surface area contributed by atoms with Crippen LogP contribution in [0.15, 0.2) is 12.1 Å². The number of carbonyl (C=O) groups is 1. The quantitative estimate of drug-likeness (QED) is 0.815. The van der Waals surface area contributed by atoms with Gasteiger partial charge < -0.3 is 11.1 Å². The average Bonchev–Trinajstić information content (AvgIpc) is 2.93. The van der Waals surface area contributed by atoms with Crippen molar-refractivity contribution in [2.24, 2.45) is 11.1 Å². The Morgan fingerprint density at radius 3 is 3.00 bits per heavy atom. The first-order chi connectivity index (χ1) is 9.00. The van der Waals surface area contributed by atoms with Crippen molar-refractivity contribution in [2.45, 2.75) is 39.2 Å². The van der Waals surface area contributed by atoms with Gasteiger partial charge in [0.1, 0.15) is 0 Å². The van der Waals surface area contributed by atoms with E-state index in [1.54, 1.807) is 0 Å². The zero-order valence-electron chi connectivity index (χ0n) is 11.5. The predicted molar refractivity (Wildman–Crippen MR) is 79.1 cm³/mol. The molecule has 1 amide bonds. The molecule has 0 saturated heterocycles. The van der Waals surface area contributed by atoms with Gasteiger partial charge in [0, 0.05) is 6.04 Å². The van der Waals surface area contributed by atoms with E-state index in [9.17, 15) is 4.79 Å². The highest BCUT2D eigenvalue weighted by molar-refractivity contribution is 7.14. The fourth-order valence-electron chi connectivity index (χ4n) is 2.48. The average molecular weight is 276 g/mol. The summed E-state index contributed by atoms with van der Waals surface area (Å²) in [6, 6.07) is 4.02. The molecule has 0 aromatic carbocycles. The summed E-state index contributed by atoms with van der Waals surface area (Å²) in [6.45, 7) is 4.85. The molecule has 1 saturated carbocycles. The number of hydrogen-bond acceptors (Lipinski definition) is 3. The van der Waals surface area contributed by atoms with Gasteiger partial charge in [0.15, 0.2) is 0 Å². The fourth-order valence-corrected chi connectivity index (χ4v) is 3.27. The lowest BCUT2D eigenvalue weighted by Crippen LogP contribution is -2.32. The van der Waals surface area contributed by atoms with Crippen LogP contribution < -0.4 is 11.1 Å². The van der Waals surface area contributed by atoms with Gasteiger partial charge in [-0.05, 0) is 36.8 Å². The maximum Gasteiger partial charge on any atom is 0.261 e. The van der Waals surface area contributed by atoms with Gasteiger partial charge in [-0.25, -0.2) is 0 Å². The second-order valence-corrected chi connectivity index (χ2v) is 6.83. The van der Waals surface area contributed by atoms with Crippen molar-refractivity contribution in [3.05, 3.63) is 21.9 Å². The Balaban J connectivity index is 1.95. The van der Waals surface area contributed by atoms with Gasteiger partial charge in [-0.2, -0.15) is 0 Å². The second-order valence-electron chi connectivity index (χ2n) is 5.75. The van der Waals surface area contributed by atoms with Crippen LogP contribution in [0.2, 0.25) is 0 Å². The summed E-state index contributed by atoms with van der Waals surface area (Å²) < 4.78 is 0. The number of carbonyl (C=O) groups excluding carboxylic acids is 1. The van der Waals surface area contributed by atoms with E-state index in [1.807, 2.05) is 12.1 Å². The highest BCUT2D eigenvalue weighted by Gasteiger charge is 2.31. The molecule has 19 heavy (non-hydrogen) atoms. The Labute approximate surface area is 118 Å². The van der Waals surface area contributed by atoms with Crippen molar-refractivity contribution in [1.82, 2.24) is 5.32 Å². The molecule has 2 rings (SSSR count). The number of amides is 1. The Bertz CT molecular complexity index is 522. The molecule has 1 heterocycles. The zero-order valence-corrected chi connectivity index (χ0v) is 12.3. The molecule has 3 nitrogen and oxygen atoms in total. The first-order valence-corrected chi connectivity index (χ1v) is 7.41. The lowest BCUT2D eigenvalue weighted by molar-refractivity contribution is 0.0940. The molecule has 1 unspecified atom stereocenters. The van der Waals surface area contributed by atoms with Crippen LogP contribution in [0.25, 0.3) is 0 Å². The van der Waals surface area contributed by atoms with Crippen LogP contribution in [0.4, 0.5) is 0 Å². The smallest absolute Gasteiger partial charge is 0.261 e. The van der Waals surface area contributed by atoms with Gasteiger partial charge in [-0.3, -0.25) is 4.79 Å². The van der Waals surface area contributed by atoms with E-state index in [-0.39, 0.29) is 5.91 Å². The van der Waals surface area contributed by atoms with E-state index in [2.05, 4.69) is 31.0 Å². The van der Waals surface area contributed by atoms with Crippen molar-refractivity contribution in [3.8, 4) is 11.8 Å². The maximum atomic E-state index is 12.1. The molecular formula is C15H20N2OS. The topological polar surface area (TPSA) is 55.1 Å². The molecular weight excluding hydrogens is 256 g/mol. The summed E-state index contributed by atoms with van der Waals surface area (Å²) in [5, 5.41) is 3.12. The van der Waals surface area contributed by atoms with Crippen LogP contribution in [0.5, 0.6) is 0 Å². The fraction of sp³-hybridized carbons (Fsp3) is 0.533. The summed E-state index contributed by atoms with van der Waals surface area (Å²) in [5.41, 5.74) is 5.68. The van der Waals surface area contributed by atoms with E-state index in [0.29, 0.717) is 18.0 Å². The van der Waals surface area contributed by atoms with Crippen LogP contribution in [0.1, 0.15) is 47.7 Å². The molecule has 1 aliphatic rings. The lowest BCUT2D eigenvalue weighted by atomic mass is 9.92. The number of thiophene rings is 1. The summed E-state index contributed by atoms with van der Waals surface area (Å²) >= 11 is 1.42. The van der Waals surface area contributed by atoms with Crippen LogP contribution in [-0.4, -0.2) is 18.5 Å². The minimum absolute atomic E-state index is 0.0218. The van der Waals surface area contributed by atoms with Crippen molar-refractivity contribution >= 4 is 17.2 Å². The SMILES string of the molecule is CC1(C)CCC(NC(=O)c2ccc(C#CCN)s2)C1. The number of nitrogens with one attached hydrogen (secondary N) is 1. The Morgan fingerprint density at radius 1 is 1.58 bits per heavy atom. The van der Waals surface area contributed by atoms with Crippen LogP contribution in [0, 0.1) is 17.3 Å². The van der Waals surface area contributed by atoms with Crippen molar-refractivity contribution < 1.29 is 4.79 Å². The maximum absolute atomic E-state index is 12.1. The van der Waals surface area contributed by atoms with Crippen LogP contribution in [-0.2, 0) is 0 Å². The van der Waals surface area contributed by atoms with Crippen LogP contribution >= 0.6 is 11.3 Å². The van der Waals surface area contributed by atoms with E-state index in [1.165, 1.54) is 17.8 Å². The minimum Gasteiger partial charge on any atom is -0.349 e.